The molecular weight excluding hydrogens is 326 g/mol. The Kier molecular flexibility index (Phi) is 4.85. The zero-order valence-corrected chi connectivity index (χ0v) is 15.0. The molecule has 3 atom stereocenters. The Bertz CT molecular complexity index is 587. The number of ether oxygens (including phenoxy) is 1. The van der Waals surface area contributed by atoms with Crippen molar-refractivity contribution in [3.8, 4) is 0 Å². The molecular formula is C17H25N3O3S. The zero-order valence-electron chi connectivity index (χ0n) is 14.1. The molecule has 3 aliphatic rings. The van der Waals surface area contributed by atoms with Crippen molar-refractivity contribution in [3.63, 3.8) is 0 Å². The summed E-state index contributed by atoms with van der Waals surface area (Å²) in [4.78, 5) is 25.1. The molecule has 24 heavy (non-hydrogen) atoms. The fourth-order valence-corrected chi connectivity index (χ4v) is 4.62. The lowest BCUT2D eigenvalue weighted by molar-refractivity contribution is -0.213. The van der Waals surface area contributed by atoms with Crippen molar-refractivity contribution >= 4 is 17.2 Å². The average molecular weight is 351 g/mol. The minimum atomic E-state index is -0.328. The van der Waals surface area contributed by atoms with Gasteiger partial charge >= 0.3 is 0 Å². The summed E-state index contributed by atoms with van der Waals surface area (Å²) < 4.78 is 6.17. The first-order valence-electron chi connectivity index (χ1n) is 8.95. The molecule has 3 saturated heterocycles. The summed E-state index contributed by atoms with van der Waals surface area (Å²) in [7, 11) is 0. The Balaban J connectivity index is 1.34. The number of thiazole rings is 1. The summed E-state index contributed by atoms with van der Waals surface area (Å²) in [6, 6.07) is 0.415. The van der Waals surface area contributed by atoms with Crippen molar-refractivity contribution in [3.05, 3.63) is 16.1 Å². The van der Waals surface area contributed by atoms with Crippen LogP contribution in [-0.2, 0) is 20.9 Å². The molecule has 6 nitrogen and oxygen atoms in total. The maximum absolute atomic E-state index is 12.6. The van der Waals surface area contributed by atoms with Gasteiger partial charge in [-0.15, -0.1) is 11.3 Å². The van der Waals surface area contributed by atoms with Gasteiger partial charge in [-0.1, -0.05) is 0 Å². The Morgan fingerprint density at radius 1 is 1.33 bits per heavy atom. The standard InChI is InChI=1S/C17H25N3O3S/c1-12-18-13(11-24-12)10-19-8-6-15-14(19)4-5-16(23-15)17(21)20-7-2-3-9-22-20/h11,14-16H,2-10H2,1H3/t14-,15-,16+/m1/s1. The molecule has 1 amide bonds. The number of fused-ring (bicyclic) bond motifs is 1. The Hall–Kier alpha value is -1.02. The highest BCUT2D eigenvalue weighted by Gasteiger charge is 2.43. The van der Waals surface area contributed by atoms with Gasteiger partial charge in [0.1, 0.15) is 6.10 Å². The normalized spacial score (nSPS) is 31.2. The van der Waals surface area contributed by atoms with E-state index in [0.717, 1.165) is 55.9 Å². The molecule has 0 aliphatic carbocycles. The van der Waals surface area contributed by atoms with Gasteiger partial charge in [-0.05, 0) is 39.0 Å². The van der Waals surface area contributed by atoms with Crippen molar-refractivity contribution in [2.24, 2.45) is 0 Å². The second-order valence-corrected chi connectivity index (χ2v) is 7.97. The third-order valence-corrected chi connectivity index (χ3v) is 6.04. The van der Waals surface area contributed by atoms with E-state index >= 15 is 0 Å². The quantitative estimate of drug-likeness (QED) is 0.835. The summed E-state index contributed by atoms with van der Waals surface area (Å²) >= 11 is 1.70. The fourth-order valence-electron chi connectivity index (χ4n) is 4.01. The topological polar surface area (TPSA) is 54.9 Å². The molecule has 0 saturated carbocycles. The van der Waals surface area contributed by atoms with Crippen LogP contribution in [0.4, 0.5) is 0 Å². The number of rotatable bonds is 3. The number of carbonyl (C=O) groups is 1. The zero-order chi connectivity index (χ0) is 16.5. The highest BCUT2D eigenvalue weighted by molar-refractivity contribution is 7.09. The number of likely N-dealkylation sites (tertiary alicyclic amines) is 1. The number of aromatic nitrogens is 1. The van der Waals surface area contributed by atoms with Crippen LogP contribution in [0, 0.1) is 6.92 Å². The summed E-state index contributed by atoms with van der Waals surface area (Å²) in [5, 5.41) is 4.79. The highest BCUT2D eigenvalue weighted by atomic mass is 32.1. The number of amides is 1. The van der Waals surface area contributed by atoms with Crippen molar-refractivity contribution in [1.29, 1.82) is 0 Å². The summed E-state index contributed by atoms with van der Waals surface area (Å²) in [6.45, 7) is 5.30. The third kappa shape index (κ3) is 3.35. The van der Waals surface area contributed by atoms with Crippen LogP contribution in [0.2, 0.25) is 0 Å². The maximum Gasteiger partial charge on any atom is 0.275 e. The summed E-state index contributed by atoms with van der Waals surface area (Å²) in [5.41, 5.74) is 1.15. The number of nitrogens with zero attached hydrogens (tertiary/aromatic N) is 3. The van der Waals surface area contributed by atoms with E-state index in [2.05, 4.69) is 15.3 Å². The van der Waals surface area contributed by atoms with E-state index in [1.165, 1.54) is 5.06 Å². The van der Waals surface area contributed by atoms with Gasteiger partial charge < -0.3 is 4.74 Å². The number of aryl methyl sites for hydroxylation is 1. The Labute approximate surface area is 146 Å². The van der Waals surface area contributed by atoms with E-state index < -0.39 is 0 Å². The molecule has 3 aliphatic heterocycles. The van der Waals surface area contributed by atoms with Crippen LogP contribution >= 0.6 is 11.3 Å². The smallest absolute Gasteiger partial charge is 0.275 e. The summed E-state index contributed by atoms with van der Waals surface area (Å²) in [6.07, 6.45) is 4.68. The molecule has 132 valence electrons. The average Bonchev–Trinajstić information content (AvgIpc) is 3.21. The molecule has 0 aromatic carbocycles. The van der Waals surface area contributed by atoms with Crippen molar-refractivity contribution in [2.75, 3.05) is 19.7 Å². The largest absolute Gasteiger partial charge is 0.363 e. The molecule has 0 spiro atoms. The van der Waals surface area contributed by atoms with Crippen LogP contribution in [-0.4, -0.2) is 58.8 Å². The third-order valence-electron chi connectivity index (χ3n) is 5.22. The van der Waals surface area contributed by atoms with E-state index in [0.29, 0.717) is 19.2 Å². The second-order valence-electron chi connectivity index (χ2n) is 6.91. The lowest BCUT2D eigenvalue weighted by atomic mass is 9.98. The molecule has 1 aromatic heterocycles. The van der Waals surface area contributed by atoms with Crippen LogP contribution in [0.3, 0.4) is 0 Å². The predicted molar refractivity (Wildman–Crippen MR) is 90.5 cm³/mol. The van der Waals surface area contributed by atoms with Crippen LogP contribution in [0.1, 0.15) is 42.8 Å². The monoisotopic (exact) mass is 351 g/mol. The number of carbonyl (C=O) groups excluding carboxylic acids is 1. The molecule has 0 unspecified atom stereocenters. The van der Waals surface area contributed by atoms with Gasteiger partial charge in [0.25, 0.3) is 5.91 Å². The van der Waals surface area contributed by atoms with Gasteiger partial charge in [-0.25, -0.2) is 10.0 Å². The summed E-state index contributed by atoms with van der Waals surface area (Å²) in [5.74, 6) is 0.0155. The van der Waals surface area contributed by atoms with Crippen molar-refractivity contribution < 1.29 is 14.4 Å². The number of hydrogen-bond donors (Lipinski definition) is 0. The lowest BCUT2D eigenvalue weighted by Gasteiger charge is -2.37. The fraction of sp³-hybridized carbons (Fsp3) is 0.765. The first-order chi connectivity index (χ1) is 11.7. The van der Waals surface area contributed by atoms with Crippen LogP contribution < -0.4 is 0 Å². The first kappa shape index (κ1) is 16.4. The van der Waals surface area contributed by atoms with E-state index in [1.807, 2.05) is 6.92 Å². The van der Waals surface area contributed by atoms with Gasteiger partial charge in [0.15, 0.2) is 0 Å². The van der Waals surface area contributed by atoms with E-state index in [4.69, 9.17) is 9.57 Å². The molecule has 4 heterocycles. The van der Waals surface area contributed by atoms with Gasteiger partial charge in [-0.3, -0.25) is 14.5 Å². The molecule has 0 N–H and O–H groups in total. The van der Waals surface area contributed by atoms with Gasteiger partial charge in [-0.2, -0.15) is 0 Å². The minimum absolute atomic E-state index is 0.0155. The van der Waals surface area contributed by atoms with Crippen LogP contribution in [0.15, 0.2) is 5.38 Å². The van der Waals surface area contributed by atoms with E-state index in [9.17, 15) is 4.79 Å². The van der Waals surface area contributed by atoms with E-state index in [-0.39, 0.29) is 18.1 Å². The molecule has 4 rings (SSSR count). The number of hydrogen-bond acceptors (Lipinski definition) is 6. The molecule has 0 radical (unpaired) electrons. The first-order valence-corrected chi connectivity index (χ1v) is 9.83. The predicted octanol–water partition coefficient (Wildman–Crippen LogP) is 2.13. The lowest BCUT2D eigenvalue weighted by Crippen LogP contribution is -2.49. The van der Waals surface area contributed by atoms with Crippen LogP contribution in [0.25, 0.3) is 0 Å². The highest BCUT2D eigenvalue weighted by Crippen LogP contribution is 2.33. The molecule has 0 bridgehead atoms. The Morgan fingerprint density at radius 2 is 2.25 bits per heavy atom. The SMILES string of the molecule is Cc1nc(CN2CC[C@H]3O[C@H](C(=O)N4CCCCO4)CC[C@H]32)cs1. The maximum atomic E-state index is 12.6. The number of hydroxylamine groups is 2. The van der Waals surface area contributed by atoms with Gasteiger partial charge in [0.05, 0.1) is 23.4 Å². The van der Waals surface area contributed by atoms with Crippen LogP contribution in [0.5, 0.6) is 0 Å². The second kappa shape index (κ2) is 7.07. The minimum Gasteiger partial charge on any atom is -0.363 e. The molecule has 3 fully saturated rings. The van der Waals surface area contributed by atoms with E-state index in [1.54, 1.807) is 11.3 Å². The molecule has 7 heteroatoms. The Morgan fingerprint density at radius 3 is 3.00 bits per heavy atom. The molecule has 1 aromatic rings. The van der Waals surface area contributed by atoms with Gasteiger partial charge in [0, 0.05) is 31.1 Å². The van der Waals surface area contributed by atoms with Crippen molar-refractivity contribution in [1.82, 2.24) is 14.9 Å². The van der Waals surface area contributed by atoms with Crippen molar-refractivity contribution in [2.45, 2.75) is 63.8 Å². The van der Waals surface area contributed by atoms with Gasteiger partial charge in [0.2, 0.25) is 0 Å².